The molecule has 0 aliphatic carbocycles. The summed E-state index contributed by atoms with van der Waals surface area (Å²) in [5.41, 5.74) is 1.57. The SMILES string of the molecule is CCC1SCCSC1c1noc(-c2cccc(O)c2C)n1. The van der Waals surface area contributed by atoms with E-state index in [9.17, 15) is 5.11 Å². The van der Waals surface area contributed by atoms with Gasteiger partial charge >= 0.3 is 0 Å². The molecule has 4 nitrogen and oxygen atoms in total. The number of benzene rings is 1. The summed E-state index contributed by atoms with van der Waals surface area (Å²) in [6.07, 6.45) is 1.11. The van der Waals surface area contributed by atoms with Crippen molar-refractivity contribution in [3.8, 4) is 17.2 Å². The van der Waals surface area contributed by atoms with E-state index in [-0.39, 0.29) is 5.75 Å². The van der Waals surface area contributed by atoms with E-state index in [2.05, 4.69) is 17.1 Å². The molecule has 1 fully saturated rings. The van der Waals surface area contributed by atoms with Gasteiger partial charge in [0.15, 0.2) is 5.82 Å². The third-order valence-corrected chi connectivity index (χ3v) is 6.93. The highest BCUT2D eigenvalue weighted by Gasteiger charge is 2.30. The largest absolute Gasteiger partial charge is 0.508 e. The number of hydrogen-bond acceptors (Lipinski definition) is 6. The molecule has 1 aromatic heterocycles. The van der Waals surface area contributed by atoms with Crippen LogP contribution in [0.1, 0.15) is 30.0 Å². The zero-order valence-corrected chi connectivity index (χ0v) is 13.7. The monoisotopic (exact) mass is 322 g/mol. The summed E-state index contributed by atoms with van der Waals surface area (Å²) in [7, 11) is 0. The second-order valence-corrected chi connectivity index (χ2v) is 7.61. The maximum absolute atomic E-state index is 9.80. The van der Waals surface area contributed by atoms with Gasteiger partial charge in [0, 0.05) is 27.9 Å². The van der Waals surface area contributed by atoms with Crippen molar-refractivity contribution in [1.29, 1.82) is 0 Å². The molecule has 2 aromatic rings. The Morgan fingerprint density at radius 3 is 2.95 bits per heavy atom. The topological polar surface area (TPSA) is 59.2 Å². The number of thioether (sulfide) groups is 2. The Labute approximate surface area is 132 Å². The molecule has 6 heteroatoms. The van der Waals surface area contributed by atoms with Gasteiger partial charge < -0.3 is 9.63 Å². The summed E-state index contributed by atoms with van der Waals surface area (Å²) in [6, 6.07) is 5.35. The Bertz CT molecular complexity index is 630. The molecule has 0 amide bonds. The standard InChI is InChI=1S/C15H18N2O2S2/c1-3-12-13(21-8-7-20-12)14-16-15(19-17-14)10-5-4-6-11(18)9(10)2/h4-6,12-13,18H,3,7-8H2,1-2H3. The van der Waals surface area contributed by atoms with E-state index in [0.29, 0.717) is 16.4 Å². The maximum atomic E-state index is 9.80. The molecular weight excluding hydrogens is 304 g/mol. The normalized spacial score (nSPS) is 22.4. The molecule has 0 spiro atoms. The Kier molecular flexibility index (Phi) is 4.45. The fourth-order valence-electron chi connectivity index (χ4n) is 2.46. The molecule has 1 aliphatic rings. The smallest absolute Gasteiger partial charge is 0.258 e. The zero-order valence-electron chi connectivity index (χ0n) is 12.1. The third kappa shape index (κ3) is 2.92. The van der Waals surface area contributed by atoms with Crippen molar-refractivity contribution < 1.29 is 9.63 Å². The first-order valence-corrected chi connectivity index (χ1v) is 9.16. The van der Waals surface area contributed by atoms with Crippen LogP contribution in [0.25, 0.3) is 11.5 Å². The Hall–Kier alpha value is -1.14. The molecule has 1 aromatic carbocycles. The Balaban J connectivity index is 1.91. The lowest BCUT2D eigenvalue weighted by atomic mass is 10.1. The second-order valence-electron chi connectivity index (χ2n) is 5.02. The zero-order chi connectivity index (χ0) is 14.8. The Morgan fingerprint density at radius 2 is 2.14 bits per heavy atom. The highest BCUT2D eigenvalue weighted by Crippen LogP contribution is 2.43. The number of phenolic OH excluding ortho intramolecular Hbond substituents is 1. The minimum absolute atomic E-state index is 0.251. The minimum atomic E-state index is 0.251. The average molecular weight is 322 g/mol. The molecule has 112 valence electrons. The van der Waals surface area contributed by atoms with Gasteiger partial charge in [-0.2, -0.15) is 16.7 Å². The van der Waals surface area contributed by atoms with E-state index in [4.69, 9.17) is 4.52 Å². The lowest BCUT2D eigenvalue weighted by molar-refractivity contribution is 0.420. The van der Waals surface area contributed by atoms with Gasteiger partial charge in [-0.05, 0) is 25.5 Å². The van der Waals surface area contributed by atoms with Gasteiger partial charge in [-0.25, -0.2) is 0 Å². The minimum Gasteiger partial charge on any atom is -0.508 e. The summed E-state index contributed by atoms with van der Waals surface area (Å²) in [4.78, 5) is 4.58. The van der Waals surface area contributed by atoms with E-state index in [0.717, 1.165) is 29.1 Å². The van der Waals surface area contributed by atoms with E-state index in [1.165, 1.54) is 5.75 Å². The fourth-order valence-corrected chi connectivity index (χ4v) is 5.44. The molecule has 1 N–H and O–H groups in total. The van der Waals surface area contributed by atoms with Crippen molar-refractivity contribution in [2.24, 2.45) is 0 Å². The van der Waals surface area contributed by atoms with Gasteiger partial charge in [-0.15, -0.1) is 11.8 Å². The molecule has 21 heavy (non-hydrogen) atoms. The number of phenols is 1. The number of aromatic hydroxyl groups is 1. The van der Waals surface area contributed by atoms with Crippen molar-refractivity contribution >= 4 is 23.5 Å². The van der Waals surface area contributed by atoms with Crippen LogP contribution < -0.4 is 0 Å². The van der Waals surface area contributed by atoms with Gasteiger partial charge in [0.25, 0.3) is 5.89 Å². The predicted octanol–water partition coefficient (Wildman–Crippen LogP) is 4.05. The lowest BCUT2D eigenvalue weighted by Crippen LogP contribution is -2.19. The van der Waals surface area contributed by atoms with Gasteiger partial charge in [-0.1, -0.05) is 18.1 Å². The van der Waals surface area contributed by atoms with Crippen molar-refractivity contribution in [3.05, 3.63) is 29.6 Å². The summed E-state index contributed by atoms with van der Waals surface area (Å²) in [5, 5.41) is 14.8. The van der Waals surface area contributed by atoms with Gasteiger partial charge in [-0.3, -0.25) is 0 Å². The van der Waals surface area contributed by atoms with E-state index < -0.39 is 0 Å². The molecule has 0 saturated carbocycles. The summed E-state index contributed by atoms with van der Waals surface area (Å²) >= 11 is 3.90. The third-order valence-electron chi connectivity index (χ3n) is 3.68. The highest BCUT2D eigenvalue weighted by molar-refractivity contribution is 8.06. The lowest BCUT2D eigenvalue weighted by Gasteiger charge is -2.27. The van der Waals surface area contributed by atoms with Crippen LogP contribution in [0.5, 0.6) is 5.75 Å². The molecule has 2 heterocycles. The Morgan fingerprint density at radius 1 is 1.33 bits per heavy atom. The van der Waals surface area contributed by atoms with Crippen molar-refractivity contribution in [2.45, 2.75) is 30.8 Å². The van der Waals surface area contributed by atoms with Crippen LogP contribution in [0.4, 0.5) is 0 Å². The number of nitrogens with zero attached hydrogens (tertiary/aromatic N) is 2. The van der Waals surface area contributed by atoms with E-state index >= 15 is 0 Å². The molecule has 3 rings (SSSR count). The quantitative estimate of drug-likeness (QED) is 0.920. The molecule has 2 unspecified atom stereocenters. The van der Waals surface area contributed by atoms with Crippen LogP contribution in [-0.2, 0) is 0 Å². The molecular formula is C15H18N2O2S2. The van der Waals surface area contributed by atoms with Crippen LogP contribution in [-0.4, -0.2) is 32.0 Å². The summed E-state index contributed by atoms with van der Waals surface area (Å²) in [5.74, 6) is 3.83. The number of rotatable bonds is 3. The van der Waals surface area contributed by atoms with E-state index in [1.807, 2.05) is 36.5 Å². The molecule has 1 saturated heterocycles. The van der Waals surface area contributed by atoms with Crippen molar-refractivity contribution in [3.63, 3.8) is 0 Å². The van der Waals surface area contributed by atoms with Crippen molar-refractivity contribution in [1.82, 2.24) is 10.1 Å². The molecule has 1 aliphatic heterocycles. The van der Waals surface area contributed by atoms with Gasteiger partial charge in [0.1, 0.15) is 5.75 Å². The predicted molar refractivity (Wildman–Crippen MR) is 87.9 cm³/mol. The average Bonchev–Trinajstić information content (AvgIpc) is 2.99. The molecule has 0 radical (unpaired) electrons. The maximum Gasteiger partial charge on any atom is 0.258 e. The molecule has 2 atom stereocenters. The van der Waals surface area contributed by atoms with Gasteiger partial charge in [0.2, 0.25) is 0 Å². The van der Waals surface area contributed by atoms with Crippen LogP contribution in [0.3, 0.4) is 0 Å². The number of aromatic nitrogens is 2. The van der Waals surface area contributed by atoms with Crippen LogP contribution in [0.15, 0.2) is 22.7 Å². The summed E-state index contributed by atoms with van der Waals surface area (Å²) in [6.45, 7) is 4.06. The van der Waals surface area contributed by atoms with Crippen LogP contribution in [0.2, 0.25) is 0 Å². The van der Waals surface area contributed by atoms with Crippen LogP contribution >= 0.6 is 23.5 Å². The van der Waals surface area contributed by atoms with Crippen LogP contribution in [0, 0.1) is 6.92 Å². The van der Waals surface area contributed by atoms with Crippen molar-refractivity contribution in [2.75, 3.05) is 11.5 Å². The molecule has 0 bridgehead atoms. The summed E-state index contributed by atoms with van der Waals surface area (Å²) < 4.78 is 5.44. The van der Waals surface area contributed by atoms with E-state index in [1.54, 1.807) is 12.1 Å². The first kappa shape index (κ1) is 14.8. The first-order valence-electron chi connectivity index (χ1n) is 7.06. The first-order chi connectivity index (χ1) is 10.2. The fraction of sp³-hybridized carbons (Fsp3) is 0.467. The number of hydrogen-bond donors (Lipinski definition) is 1. The second kappa shape index (κ2) is 6.32. The highest BCUT2D eigenvalue weighted by atomic mass is 32.2. The van der Waals surface area contributed by atoms with Gasteiger partial charge in [0.05, 0.1) is 5.25 Å².